The number of rotatable bonds is 4. The van der Waals surface area contributed by atoms with Crippen molar-refractivity contribution in [2.45, 2.75) is 13.0 Å². The van der Waals surface area contributed by atoms with Gasteiger partial charge in [0.1, 0.15) is 0 Å². The summed E-state index contributed by atoms with van der Waals surface area (Å²) in [5.74, 6) is 0. The van der Waals surface area contributed by atoms with Crippen molar-refractivity contribution in [2.24, 2.45) is 0 Å². The van der Waals surface area contributed by atoms with Crippen molar-refractivity contribution >= 4 is 43.9 Å². The van der Waals surface area contributed by atoms with Crippen molar-refractivity contribution in [3.05, 3.63) is 34.8 Å². The molecule has 2 heterocycles. The van der Waals surface area contributed by atoms with Gasteiger partial charge in [-0.3, -0.25) is 10.0 Å². The third-order valence-corrected chi connectivity index (χ3v) is 5.19. The highest BCUT2D eigenvalue weighted by molar-refractivity contribution is 7.92. The van der Waals surface area contributed by atoms with E-state index in [1.54, 1.807) is 24.3 Å². The van der Waals surface area contributed by atoms with Crippen molar-refractivity contribution in [2.75, 3.05) is 35.2 Å². The number of hydrogen-bond donors (Lipinski definition) is 3. The summed E-state index contributed by atoms with van der Waals surface area (Å²) in [4.78, 5) is 20.0. The number of likely N-dealkylation sites (N-methyl/N-ethyl adjacent to an activating group) is 1. The van der Waals surface area contributed by atoms with Crippen LogP contribution in [0.25, 0.3) is 0 Å². The number of amides is 2. The minimum absolute atomic E-state index is 0.386. The zero-order valence-corrected chi connectivity index (χ0v) is 15.5. The van der Waals surface area contributed by atoms with Gasteiger partial charge in [-0.2, -0.15) is 0 Å². The average Bonchev–Trinajstić information content (AvgIpc) is 2.89. The highest BCUT2D eigenvalue weighted by atomic mass is 32.2. The second-order valence-corrected chi connectivity index (χ2v) is 8.74. The summed E-state index contributed by atoms with van der Waals surface area (Å²) in [7, 11) is -1.26. The standard InChI is InChI=1S/C15H19N5O3S2/c1-20-8-7-12-13(9-20)24-15(17-12)18-14(21)16-10-3-5-11(6-4-10)19-25(2,22)23/h3-6,19H,7-9H2,1-2H3,(H2,16,17,18,21). The minimum Gasteiger partial charge on any atom is -0.308 e. The molecule has 25 heavy (non-hydrogen) atoms. The quantitative estimate of drug-likeness (QED) is 0.753. The van der Waals surface area contributed by atoms with E-state index in [1.165, 1.54) is 16.2 Å². The normalized spacial score (nSPS) is 14.6. The van der Waals surface area contributed by atoms with Gasteiger partial charge in [-0.05, 0) is 31.3 Å². The number of fused-ring (bicyclic) bond motifs is 1. The number of sulfonamides is 1. The fraction of sp³-hybridized carbons (Fsp3) is 0.333. The van der Waals surface area contributed by atoms with Gasteiger partial charge in [-0.15, -0.1) is 11.3 Å². The van der Waals surface area contributed by atoms with Gasteiger partial charge in [-0.25, -0.2) is 18.2 Å². The number of anilines is 3. The van der Waals surface area contributed by atoms with Crippen LogP contribution in [0.1, 0.15) is 10.6 Å². The highest BCUT2D eigenvalue weighted by Crippen LogP contribution is 2.27. The fourth-order valence-corrected chi connectivity index (χ4v) is 4.12. The molecule has 1 aromatic carbocycles. The second kappa shape index (κ2) is 6.98. The van der Waals surface area contributed by atoms with E-state index in [9.17, 15) is 13.2 Å². The minimum atomic E-state index is -3.32. The molecule has 8 nitrogen and oxygen atoms in total. The maximum atomic E-state index is 12.1. The Hall–Kier alpha value is -2.17. The number of carbonyl (C=O) groups is 1. The first-order valence-electron chi connectivity index (χ1n) is 7.61. The van der Waals surface area contributed by atoms with Crippen molar-refractivity contribution in [1.29, 1.82) is 0 Å². The van der Waals surface area contributed by atoms with E-state index in [0.29, 0.717) is 16.5 Å². The van der Waals surface area contributed by atoms with Gasteiger partial charge in [0.25, 0.3) is 0 Å². The Balaban J connectivity index is 1.59. The lowest BCUT2D eigenvalue weighted by Gasteiger charge is -2.20. The molecule has 1 aromatic heterocycles. The number of benzene rings is 1. The van der Waals surface area contributed by atoms with Crippen molar-refractivity contribution in [1.82, 2.24) is 9.88 Å². The predicted molar refractivity (Wildman–Crippen MR) is 99.7 cm³/mol. The van der Waals surface area contributed by atoms with Crippen LogP contribution in [0.5, 0.6) is 0 Å². The summed E-state index contributed by atoms with van der Waals surface area (Å²) >= 11 is 1.49. The molecule has 1 aliphatic heterocycles. The molecule has 0 saturated heterocycles. The first-order chi connectivity index (χ1) is 11.8. The number of thiazole rings is 1. The number of urea groups is 1. The van der Waals surface area contributed by atoms with Gasteiger partial charge in [-0.1, -0.05) is 0 Å². The van der Waals surface area contributed by atoms with Crippen LogP contribution < -0.4 is 15.4 Å². The van der Waals surface area contributed by atoms with Crippen LogP contribution in [-0.4, -0.2) is 44.2 Å². The van der Waals surface area contributed by atoms with Gasteiger partial charge in [0.2, 0.25) is 10.0 Å². The van der Waals surface area contributed by atoms with Crippen molar-refractivity contribution in [3.8, 4) is 0 Å². The molecule has 0 unspecified atom stereocenters. The first-order valence-corrected chi connectivity index (χ1v) is 10.3. The number of carbonyl (C=O) groups excluding carboxylic acids is 1. The Kier molecular flexibility index (Phi) is 4.93. The van der Waals surface area contributed by atoms with Gasteiger partial charge in [0.15, 0.2) is 5.13 Å². The molecule has 3 rings (SSSR count). The van der Waals surface area contributed by atoms with Crippen molar-refractivity contribution in [3.63, 3.8) is 0 Å². The smallest absolute Gasteiger partial charge is 0.308 e. The monoisotopic (exact) mass is 381 g/mol. The zero-order chi connectivity index (χ0) is 18.0. The molecule has 10 heteroatoms. The van der Waals surface area contributed by atoms with Gasteiger partial charge >= 0.3 is 6.03 Å². The lowest BCUT2D eigenvalue weighted by atomic mass is 10.2. The van der Waals surface area contributed by atoms with E-state index in [2.05, 4.69) is 32.3 Å². The topological polar surface area (TPSA) is 103 Å². The molecule has 0 fully saturated rings. The summed E-state index contributed by atoms with van der Waals surface area (Å²) in [5.41, 5.74) is 2.04. The van der Waals surface area contributed by atoms with E-state index in [4.69, 9.17) is 0 Å². The summed E-state index contributed by atoms with van der Waals surface area (Å²) in [6.07, 6.45) is 1.97. The van der Waals surface area contributed by atoms with E-state index in [-0.39, 0.29) is 6.03 Å². The molecule has 0 radical (unpaired) electrons. The van der Waals surface area contributed by atoms with Gasteiger partial charge in [0.05, 0.1) is 11.9 Å². The molecule has 0 spiro atoms. The molecule has 0 bridgehead atoms. The van der Waals surface area contributed by atoms with Crippen LogP contribution in [0.4, 0.5) is 21.3 Å². The molecule has 0 saturated carbocycles. The molecule has 134 valence electrons. The summed E-state index contributed by atoms with van der Waals surface area (Å²) in [6.45, 7) is 1.82. The predicted octanol–water partition coefficient (Wildman–Crippen LogP) is 2.15. The van der Waals surface area contributed by atoms with Crippen LogP contribution >= 0.6 is 11.3 Å². The number of nitrogens with one attached hydrogen (secondary N) is 3. The molecular formula is C15H19N5O3S2. The summed E-state index contributed by atoms with van der Waals surface area (Å²) in [6, 6.07) is 6.01. The maximum Gasteiger partial charge on any atom is 0.325 e. The Bertz CT molecular complexity index is 877. The lowest BCUT2D eigenvalue weighted by Crippen LogP contribution is -2.25. The largest absolute Gasteiger partial charge is 0.325 e. The zero-order valence-electron chi connectivity index (χ0n) is 13.9. The second-order valence-electron chi connectivity index (χ2n) is 5.91. The molecule has 2 aromatic rings. The molecule has 0 atom stereocenters. The van der Waals surface area contributed by atoms with Crippen LogP contribution in [-0.2, 0) is 23.0 Å². The SMILES string of the molecule is CN1CCc2nc(NC(=O)Nc3ccc(NS(C)(=O)=O)cc3)sc2C1. The molecular weight excluding hydrogens is 362 g/mol. The van der Waals surface area contributed by atoms with E-state index < -0.39 is 10.0 Å². The highest BCUT2D eigenvalue weighted by Gasteiger charge is 2.19. The lowest BCUT2D eigenvalue weighted by molar-refractivity contribution is 0.262. The Morgan fingerprint density at radius 3 is 2.56 bits per heavy atom. The molecule has 2 amide bonds. The van der Waals surface area contributed by atoms with Gasteiger partial charge < -0.3 is 10.2 Å². The van der Waals surface area contributed by atoms with Gasteiger partial charge in [0, 0.05) is 35.8 Å². The first kappa shape index (κ1) is 17.6. The van der Waals surface area contributed by atoms with Crippen LogP contribution in [0.2, 0.25) is 0 Å². The van der Waals surface area contributed by atoms with E-state index in [0.717, 1.165) is 31.5 Å². The van der Waals surface area contributed by atoms with Crippen LogP contribution in [0.15, 0.2) is 24.3 Å². The number of hydrogen-bond acceptors (Lipinski definition) is 6. The number of nitrogens with zero attached hydrogens (tertiary/aromatic N) is 2. The fourth-order valence-electron chi connectivity index (χ4n) is 2.47. The van der Waals surface area contributed by atoms with Crippen LogP contribution in [0.3, 0.4) is 0 Å². The molecule has 1 aliphatic rings. The molecule has 3 N–H and O–H groups in total. The Morgan fingerprint density at radius 2 is 1.88 bits per heavy atom. The molecule has 0 aliphatic carbocycles. The van der Waals surface area contributed by atoms with E-state index in [1.807, 2.05) is 0 Å². The van der Waals surface area contributed by atoms with E-state index >= 15 is 0 Å². The Morgan fingerprint density at radius 1 is 1.20 bits per heavy atom. The average molecular weight is 381 g/mol. The number of aromatic nitrogens is 1. The van der Waals surface area contributed by atoms with Crippen LogP contribution in [0, 0.1) is 0 Å². The maximum absolute atomic E-state index is 12.1. The third-order valence-electron chi connectivity index (χ3n) is 3.59. The third kappa shape index (κ3) is 4.91. The summed E-state index contributed by atoms with van der Waals surface area (Å²) in [5, 5.41) is 6.02. The summed E-state index contributed by atoms with van der Waals surface area (Å²) < 4.78 is 24.7. The van der Waals surface area contributed by atoms with Crippen molar-refractivity contribution < 1.29 is 13.2 Å². The Labute approximate surface area is 150 Å².